The van der Waals surface area contributed by atoms with Gasteiger partial charge in [-0.15, -0.1) is 10.2 Å². The summed E-state index contributed by atoms with van der Waals surface area (Å²) < 4.78 is 1.77. The molecule has 2 aromatic rings. The van der Waals surface area contributed by atoms with Gasteiger partial charge in [-0.2, -0.15) is 0 Å². The maximum Gasteiger partial charge on any atom is 0.271 e. The Morgan fingerprint density at radius 2 is 2.26 bits per heavy atom. The maximum atomic E-state index is 12.2. The molecule has 0 saturated carbocycles. The summed E-state index contributed by atoms with van der Waals surface area (Å²) >= 11 is 1.64. The second-order valence-corrected chi connectivity index (χ2v) is 7.25. The number of hydrogen-bond acceptors (Lipinski definition) is 6. The SMILES string of the molecule is CC(C)c1nnc(N2CCCC(NC(=O)c3cn(C)cn3)C2)s1. The van der Waals surface area contributed by atoms with Gasteiger partial charge in [0.2, 0.25) is 5.13 Å². The van der Waals surface area contributed by atoms with Gasteiger partial charge in [0.1, 0.15) is 10.7 Å². The number of carbonyl (C=O) groups is 1. The topological polar surface area (TPSA) is 75.9 Å². The molecule has 1 fully saturated rings. The number of nitrogens with one attached hydrogen (secondary N) is 1. The third-order valence-electron chi connectivity index (χ3n) is 3.89. The molecule has 0 radical (unpaired) electrons. The normalized spacial score (nSPS) is 18.4. The molecule has 2 aromatic heterocycles. The number of anilines is 1. The van der Waals surface area contributed by atoms with Crippen molar-refractivity contribution < 1.29 is 4.79 Å². The van der Waals surface area contributed by atoms with Gasteiger partial charge in [0, 0.05) is 38.3 Å². The molecule has 1 N–H and O–H groups in total. The van der Waals surface area contributed by atoms with E-state index in [-0.39, 0.29) is 11.9 Å². The highest BCUT2D eigenvalue weighted by Gasteiger charge is 2.25. The van der Waals surface area contributed by atoms with E-state index in [1.165, 1.54) is 0 Å². The molecular weight excluding hydrogens is 312 g/mol. The fourth-order valence-corrected chi connectivity index (χ4v) is 3.53. The van der Waals surface area contributed by atoms with Gasteiger partial charge in [-0.05, 0) is 12.8 Å². The Morgan fingerprint density at radius 1 is 1.43 bits per heavy atom. The molecule has 1 amide bonds. The predicted molar refractivity (Wildman–Crippen MR) is 89.9 cm³/mol. The minimum atomic E-state index is -0.113. The van der Waals surface area contributed by atoms with Crippen molar-refractivity contribution in [1.29, 1.82) is 0 Å². The summed E-state index contributed by atoms with van der Waals surface area (Å²) in [6.45, 7) is 5.97. The van der Waals surface area contributed by atoms with Crippen LogP contribution >= 0.6 is 11.3 Å². The molecule has 3 rings (SSSR count). The molecule has 7 nitrogen and oxygen atoms in total. The third kappa shape index (κ3) is 3.69. The molecule has 0 aromatic carbocycles. The van der Waals surface area contributed by atoms with E-state index in [0.29, 0.717) is 11.6 Å². The van der Waals surface area contributed by atoms with E-state index >= 15 is 0 Å². The van der Waals surface area contributed by atoms with Crippen molar-refractivity contribution in [2.24, 2.45) is 7.05 Å². The summed E-state index contributed by atoms with van der Waals surface area (Å²) in [5.41, 5.74) is 0.461. The van der Waals surface area contributed by atoms with Crippen LogP contribution in [0.5, 0.6) is 0 Å². The van der Waals surface area contributed by atoms with Gasteiger partial charge in [0.05, 0.1) is 6.33 Å². The lowest BCUT2D eigenvalue weighted by molar-refractivity contribution is 0.0928. The Kier molecular flexibility index (Phi) is 4.61. The maximum absolute atomic E-state index is 12.2. The Hall–Kier alpha value is -1.96. The van der Waals surface area contributed by atoms with Crippen molar-refractivity contribution >= 4 is 22.4 Å². The third-order valence-corrected chi connectivity index (χ3v) is 5.17. The second-order valence-electron chi connectivity index (χ2n) is 6.26. The molecule has 3 heterocycles. The van der Waals surface area contributed by atoms with Crippen LogP contribution < -0.4 is 10.2 Å². The van der Waals surface area contributed by atoms with Crippen molar-refractivity contribution in [1.82, 2.24) is 25.1 Å². The summed E-state index contributed by atoms with van der Waals surface area (Å²) in [7, 11) is 1.86. The Bertz CT molecular complexity index is 679. The first kappa shape index (κ1) is 15.9. The lowest BCUT2D eigenvalue weighted by Crippen LogP contribution is -2.47. The van der Waals surface area contributed by atoms with Crippen LogP contribution in [0.1, 0.15) is 48.1 Å². The highest BCUT2D eigenvalue weighted by molar-refractivity contribution is 7.15. The van der Waals surface area contributed by atoms with Gasteiger partial charge in [0.25, 0.3) is 5.91 Å². The van der Waals surface area contributed by atoms with Crippen LogP contribution in [0.25, 0.3) is 0 Å². The van der Waals surface area contributed by atoms with E-state index in [0.717, 1.165) is 36.1 Å². The fraction of sp³-hybridized carbons (Fsp3) is 0.600. The lowest BCUT2D eigenvalue weighted by atomic mass is 10.1. The highest BCUT2D eigenvalue weighted by Crippen LogP contribution is 2.27. The van der Waals surface area contributed by atoms with Crippen LogP contribution in [0.2, 0.25) is 0 Å². The molecule has 1 unspecified atom stereocenters. The largest absolute Gasteiger partial charge is 0.346 e. The van der Waals surface area contributed by atoms with E-state index in [4.69, 9.17) is 0 Å². The first-order valence-electron chi connectivity index (χ1n) is 7.90. The zero-order valence-electron chi connectivity index (χ0n) is 13.7. The monoisotopic (exact) mass is 334 g/mol. The smallest absolute Gasteiger partial charge is 0.271 e. The average Bonchev–Trinajstić information content (AvgIpc) is 3.16. The Balaban J connectivity index is 1.62. The molecule has 23 heavy (non-hydrogen) atoms. The van der Waals surface area contributed by atoms with Crippen LogP contribution in [0, 0.1) is 0 Å². The number of rotatable bonds is 4. The molecule has 8 heteroatoms. The van der Waals surface area contributed by atoms with Crippen LogP contribution in [-0.2, 0) is 7.05 Å². The van der Waals surface area contributed by atoms with Gasteiger partial charge >= 0.3 is 0 Å². The van der Waals surface area contributed by atoms with Crippen LogP contribution in [0.4, 0.5) is 5.13 Å². The van der Waals surface area contributed by atoms with E-state index in [1.54, 1.807) is 28.4 Å². The number of carbonyl (C=O) groups excluding carboxylic acids is 1. The predicted octanol–water partition coefficient (Wildman–Crippen LogP) is 1.79. The van der Waals surface area contributed by atoms with Crippen LogP contribution in [0.3, 0.4) is 0 Å². The number of aryl methyl sites for hydroxylation is 1. The standard InChI is InChI=1S/C15H22N6OS/c1-10(2)14-18-19-15(23-14)21-6-4-5-11(7-21)17-13(22)12-8-20(3)9-16-12/h8-11H,4-7H2,1-3H3,(H,17,22). The molecular formula is C15H22N6OS. The molecule has 1 aliphatic heterocycles. The molecule has 0 bridgehead atoms. The van der Waals surface area contributed by atoms with Crippen molar-refractivity contribution in [3.05, 3.63) is 23.2 Å². The Labute approximate surface area is 139 Å². The highest BCUT2D eigenvalue weighted by atomic mass is 32.1. The summed E-state index contributed by atoms with van der Waals surface area (Å²) in [4.78, 5) is 18.5. The first-order valence-corrected chi connectivity index (χ1v) is 8.71. The van der Waals surface area contributed by atoms with Crippen LogP contribution in [-0.4, -0.2) is 44.8 Å². The van der Waals surface area contributed by atoms with Crippen molar-refractivity contribution in [3.8, 4) is 0 Å². The van der Waals surface area contributed by atoms with E-state index in [2.05, 4.69) is 39.2 Å². The van der Waals surface area contributed by atoms with Gasteiger partial charge in [-0.25, -0.2) is 4.98 Å². The molecule has 1 saturated heterocycles. The van der Waals surface area contributed by atoms with Crippen molar-refractivity contribution in [2.45, 2.75) is 38.6 Å². The summed E-state index contributed by atoms with van der Waals surface area (Å²) in [6.07, 6.45) is 5.38. The van der Waals surface area contributed by atoms with E-state index < -0.39 is 0 Å². The van der Waals surface area contributed by atoms with Crippen molar-refractivity contribution in [3.63, 3.8) is 0 Å². The average molecular weight is 334 g/mol. The zero-order valence-corrected chi connectivity index (χ0v) is 14.5. The van der Waals surface area contributed by atoms with Gasteiger partial charge in [-0.1, -0.05) is 25.2 Å². The first-order chi connectivity index (χ1) is 11.0. The molecule has 0 spiro atoms. The fourth-order valence-electron chi connectivity index (χ4n) is 2.65. The number of piperidine rings is 1. The van der Waals surface area contributed by atoms with Crippen LogP contribution in [0.15, 0.2) is 12.5 Å². The summed E-state index contributed by atoms with van der Waals surface area (Å²) in [6, 6.07) is 0.115. The molecule has 1 aliphatic rings. The molecule has 1 atom stereocenters. The van der Waals surface area contributed by atoms with E-state index in [9.17, 15) is 4.79 Å². The second kappa shape index (κ2) is 6.66. The van der Waals surface area contributed by atoms with Gasteiger partial charge in [-0.3, -0.25) is 4.79 Å². The summed E-state index contributed by atoms with van der Waals surface area (Å²) in [5, 5.41) is 13.6. The Morgan fingerprint density at radius 3 is 2.91 bits per heavy atom. The minimum absolute atomic E-state index is 0.113. The minimum Gasteiger partial charge on any atom is -0.346 e. The van der Waals surface area contributed by atoms with Gasteiger partial charge in [0.15, 0.2) is 0 Å². The van der Waals surface area contributed by atoms with Crippen molar-refractivity contribution in [2.75, 3.05) is 18.0 Å². The number of imidazole rings is 1. The number of nitrogens with zero attached hydrogens (tertiary/aromatic N) is 5. The van der Waals surface area contributed by atoms with Gasteiger partial charge < -0.3 is 14.8 Å². The molecule has 0 aliphatic carbocycles. The number of aromatic nitrogens is 4. The molecule has 124 valence electrons. The zero-order chi connectivity index (χ0) is 16.4. The quantitative estimate of drug-likeness (QED) is 0.922. The van der Waals surface area contributed by atoms with E-state index in [1.807, 2.05) is 7.05 Å². The number of amides is 1. The lowest BCUT2D eigenvalue weighted by Gasteiger charge is -2.32. The number of hydrogen-bond donors (Lipinski definition) is 1. The summed E-state index contributed by atoms with van der Waals surface area (Å²) in [5.74, 6) is 0.281.